The van der Waals surface area contributed by atoms with Crippen LogP contribution in [0.1, 0.15) is 401 Å². The highest BCUT2D eigenvalue weighted by atomic mass is 31.2. The molecule has 95 heavy (non-hydrogen) atoms. The summed E-state index contributed by atoms with van der Waals surface area (Å²) in [6.07, 6.45) is 58.8. The van der Waals surface area contributed by atoms with Gasteiger partial charge in [0.2, 0.25) is 0 Å². The molecule has 0 heterocycles. The molecule has 0 fully saturated rings. The minimum atomic E-state index is -4.95. The van der Waals surface area contributed by atoms with Gasteiger partial charge in [-0.2, -0.15) is 0 Å². The normalized spacial score (nSPS) is 13.9. The highest BCUT2D eigenvalue weighted by molar-refractivity contribution is 7.47. The molecule has 0 aromatic heterocycles. The van der Waals surface area contributed by atoms with E-state index in [2.05, 4.69) is 34.6 Å². The number of ether oxygens (including phenoxy) is 4. The maximum absolute atomic E-state index is 13.1. The SMILES string of the molecule is CCCCCCCCCCCCCCCCCCCCCCCCC(=O)O[C@H](COC(=O)CCCCCCCCCCCCCC(C)C)COP(=O)(O)OC[C@@H](O)COP(=O)(O)OC[C@@H](COC(=O)CCCCCCC)OC(=O)CCCCCCCCCCCCCCCC. The molecule has 0 aromatic carbocycles. The molecule has 0 amide bonds. The third-order valence-corrected chi connectivity index (χ3v) is 19.7. The number of carbonyl (C=O) groups excluding carboxylic acids is 4. The monoisotopic (exact) mass is 1400 g/mol. The average Bonchev–Trinajstić information content (AvgIpc) is 2.23. The van der Waals surface area contributed by atoms with Gasteiger partial charge in [0.25, 0.3) is 0 Å². The summed E-state index contributed by atoms with van der Waals surface area (Å²) in [5, 5.41) is 10.6. The fraction of sp³-hybridized carbons (Fsp3) is 0.947. The number of esters is 4. The van der Waals surface area contributed by atoms with Crippen LogP contribution in [0.2, 0.25) is 0 Å². The molecular weight excluding hydrogens is 1250 g/mol. The second-order valence-electron chi connectivity index (χ2n) is 27.9. The van der Waals surface area contributed by atoms with Crippen molar-refractivity contribution in [1.29, 1.82) is 0 Å². The van der Waals surface area contributed by atoms with E-state index in [0.29, 0.717) is 25.7 Å². The van der Waals surface area contributed by atoms with Crippen LogP contribution in [0, 0.1) is 5.92 Å². The molecule has 3 N–H and O–H groups in total. The van der Waals surface area contributed by atoms with E-state index in [9.17, 15) is 43.2 Å². The number of unbranched alkanes of at least 4 members (excludes halogenated alkanes) is 48. The van der Waals surface area contributed by atoms with Gasteiger partial charge in [0.15, 0.2) is 12.2 Å². The van der Waals surface area contributed by atoms with E-state index in [0.717, 1.165) is 102 Å². The van der Waals surface area contributed by atoms with Crippen molar-refractivity contribution < 1.29 is 80.2 Å². The molecule has 19 heteroatoms. The first-order valence-electron chi connectivity index (χ1n) is 39.6. The molecule has 0 aliphatic rings. The van der Waals surface area contributed by atoms with Crippen LogP contribution < -0.4 is 0 Å². The van der Waals surface area contributed by atoms with Gasteiger partial charge in [-0.25, -0.2) is 9.13 Å². The predicted molar refractivity (Wildman–Crippen MR) is 386 cm³/mol. The highest BCUT2D eigenvalue weighted by Gasteiger charge is 2.30. The summed E-state index contributed by atoms with van der Waals surface area (Å²) in [5.41, 5.74) is 0. The first-order chi connectivity index (χ1) is 46.0. The smallest absolute Gasteiger partial charge is 0.462 e. The van der Waals surface area contributed by atoms with E-state index in [1.165, 1.54) is 218 Å². The number of hydrogen-bond donors (Lipinski definition) is 3. The summed E-state index contributed by atoms with van der Waals surface area (Å²) in [6.45, 7) is 7.21. The zero-order chi connectivity index (χ0) is 69.8. The van der Waals surface area contributed by atoms with E-state index in [-0.39, 0.29) is 25.7 Å². The van der Waals surface area contributed by atoms with Crippen LogP contribution in [0.15, 0.2) is 0 Å². The van der Waals surface area contributed by atoms with Crippen molar-refractivity contribution in [2.75, 3.05) is 39.6 Å². The number of phosphoric ester groups is 2. The molecule has 0 aliphatic heterocycles. The number of rotatable bonds is 76. The standard InChI is InChI=1S/C76H148O17P2/c1-6-9-12-15-17-19-21-23-25-26-27-28-29-30-31-32-34-38-43-47-52-57-62-76(81)93-72(66-87-74(79)60-55-50-45-41-39-35-36-40-44-49-53-58-69(4)5)68-91-95(84,85)89-64-70(77)63-88-94(82,83)90-67-71(65-86-73(78)59-54-48-14-11-8-3)92-75(80)61-56-51-46-42-37-33-24-22-20-18-16-13-10-7-2/h69-72,77H,6-68H2,1-5H3,(H,82,83)(H,84,85)/t70-,71+,72+/m0/s1. The first-order valence-corrected chi connectivity index (χ1v) is 42.6. The molecule has 564 valence electrons. The zero-order valence-corrected chi connectivity index (χ0v) is 63.6. The molecule has 0 aromatic rings. The largest absolute Gasteiger partial charge is 0.472 e. The Hall–Kier alpha value is -1.94. The maximum Gasteiger partial charge on any atom is 0.472 e. The Bertz CT molecular complexity index is 1820. The van der Waals surface area contributed by atoms with Gasteiger partial charge < -0.3 is 33.8 Å². The first kappa shape index (κ1) is 93.1. The zero-order valence-electron chi connectivity index (χ0n) is 61.8. The molecule has 0 saturated carbocycles. The molecule has 0 bridgehead atoms. The number of aliphatic hydroxyl groups excluding tert-OH is 1. The van der Waals surface area contributed by atoms with Crippen LogP contribution in [-0.2, 0) is 65.4 Å². The van der Waals surface area contributed by atoms with E-state index >= 15 is 0 Å². The maximum atomic E-state index is 13.1. The summed E-state index contributed by atoms with van der Waals surface area (Å²) in [6, 6.07) is 0. The average molecular weight is 1400 g/mol. The molecular formula is C76H148O17P2. The van der Waals surface area contributed by atoms with Crippen LogP contribution in [0.3, 0.4) is 0 Å². The van der Waals surface area contributed by atoms with E-state index in [4.69, 9.17) is 37.0 Å². The van der Waals surface area contributed by atoms with E-state index in [1.54, 1.807) is 0 Å². The topological polar surface area (TPSA) is 237 Å². The van der Waals surface area contributed by atoms with Crippen molar-refractivity contribution in [1.82, 2.24) is 0 Å². The Labute approximate surface area is 581 Å². The minimum absolute atomic E-state index is 0.107. The molecule has 17 nitrogen and oxygen atoms in total. The molecule has 0 rings (SSSR count). The van der Waals surface area contributed by atoms with E-state index < -0.39 is 97.5 Å². The summed E-state index contributed by atoms with van der Waals surface area (Å²) in [4.78, 5) is 72.5. The van der Waals surface area contributed by atoms with Crippen LogP contribution in [0.5, 0.6) is 0 Å². The summed E-state index contributed by atoms with van der Waals surface area (Å²) in [5.74, 6) is -1.35. The van der Waals surface area contributed by atoms with Crippen LogP contribution >= 0.6 is 15.6 Å². The van der Waals surface area contributed by atoms with Gasteiger partial charge in [-0.3, -0.25) is 37.3 Å². The Morgan fingerprint density at radius 3 is 0.716 bits per heavy atom. The fourth-order valence-corrected chi connectivity index (χ4v) is 13.3. The summed E-state index contributed by atoms with van der Waals surface area (Å²) >= 11 is 0. The number of carbonyl (C=O) groups is 4. The highest BCUT2D eigenvalue weighted by Crippen LogP contribution is 2.45. The van der Waals surface area contributed by atoms with E-state index in [1.807, 2.05) is 0 Å². The Kier molecular flexibility index (Phi) is 67.7. The molecule has 0 spiro atoms. The molecule has 2 unspecified atom stereocenters. The molecule has 0 radical (unpaired) electrons. The second kappa shape index (κ2) is 69.2. The number of phosphoric acid groups is 2. The predicted octanol–water partition coefficient (Wildman–Crippen LogP) is 22.5. The van der Waals surface area contributed by atoms with Crippen molar-refractivity contribution >= 4 is 39.5 Å². The van der Waals surface area contributed by atoms with Crippen molar-refractivity contribution in [3.8, 4) is 0 Å². The van der Waals surface area contributed by atoms with Gasteiger partial charge in [-0.05, 0) is 31.6 Å². The van der Waals surface area contributed by atoms with Gasteiger partial charge >= 0.3 is 39.5 Å². The van der Waals surface area contributed by atoms with Gasteiger partial charge in [0.1, 0.15) is 19.3 Å². The molecule has 5 atom stereocenters. The Balaban J connectivity index is 5.10. The fourth-order valence-electron chi connectivity index (χ4n) is 11.7. The van der Waals surface area contributed by atoms with Crippen molar-refractivity contribution in [3.63, 3.8) is 0 Å². The number of aliphatic hydroxyl groups is 1. The van der Waals surface area contributed by atoms with Crippen LogP contribution in [0.4, 0.5) is 0 Å². The van der Waals surface area contributed by atoms with Gasteiger partial charge in [-0.1, -0.05) is 349 Å². The quantitative estimate of drug-likeness (QED) is 0.0222. The van der Waals surface area contributed by atoms with Gasteiger partial charge in [-0.15, -0.1) is 0 Å². The van der Waals surface area contributed by atoms with Crippen molar-refractivity contribution in [3.05, 3.63) is 0 Å². The lowest BCUT2D eigenvalue weighted by molar-refractivity contribution is -0.161. The van der Waals surface area contributed by atoms with Gasteiger partial charge in [0.05, 0.1) is 26.4 Å². The Morgan fingerprint density at radius 2 is 0.484 bits per heavy atom. The third kappa shape index (κ3) is 70.3. The van der Waals surface area contributed by atoms with Crippen LogP contribution in [0.25, 0.3) is 0 Å². The van der Waals surface area contributed by atoms with Crippen molar-refractivity contribution in [2.24, 2.45) is 5.92 Å². The molecule has 0 saturated heterocycles. The molecule has 0 aliphatic carbocycles. The summed E-state index contributed by atoms with van der Waals surface area (Å²) in [7, 11) is -9.90. The van der Waals surface area contributed by atoms with Crippen molar-refractivity contribution in [2.45, 2.75) is 419 Å². The lowest BCUT2D eigenvalue weighted by atomic mass is 10.0. The minimum Gasteiger partial charge on any atom is -0.462 e. The summed E-state index contributed by atoms with van der Waals surface area (Å²) < 4.78 is 68.3. The second-order valence-corrected chi connectivity index (χ2v) is 30.8. The third-order valence-electron chi connectivity index (χ3n) is 17.8. The lowest BCUT2D eigenvalue weighted by Crippen LogP contribution is -2.30. The van der Waals surface area contributed by atoms with Crippen LogP contribution in [-0.4, -0.2) is 96.7 Å². The lowest BCUT2D eigenvalue weighted by Gasteiger charge is -2.21. The Morgan fingerprint density at radius 1 is 0.284 bits per heavy atom. The number of hydrogen-bond acceptors (Lipinski definition) is 15. The van der Waals surface area contributed by atoms with Gasteiger partial charge in [0, 0.05) is 25.7 Å².